The van der Waals surface area contributed by atoms with Gasteiger partial charge in [0, 0.05) is 38.4 Å². The summed E-state index contributed by atoms with van der Waals surface area (Å²) >= 11 is 0. The van der Waals surface area contributed by atoms with Gasteiger partial charge in [0.05, 0.1) is 18.7 Å². The van der Waals surface area contributed by atoms with Gasteiger partial charge in [-0.3, -0.25) is 24.2 Å². The molecule has 3 fully saturated rings. The molecule has 2 aromatic heterocycles. The number of hydrogen-bond acceptors (Lipinski definition) is 6. The van der Waals surface area contributed by atoms with E-state index < -0.39 is 0 Å². The fourth-order valence-electron chi connectivity index (χ4n) is 4.21. The Labute approximate surface area is 158 Å². The predicted octanol–water partition coefficient (Wildman–Crippen LogP) is 0.902. The topological polar surface area (TPSA) is 93.0 Å². The van der Waals surface area contributed by atoms with Crippen LogP contribution in [0.15, 0.2) is 30.7 Å². The lowest BCUT2D eigenvalue weighted by molar-refractivity contribution is -0.133. The summed E-state index contributed by atoms with van der Waals surface area (Å²) in [6.45, 7) is 4.51. The summed E-state index contributed by atoms with van der Waals surface area (Å²) in [5.74, 6) is 0.489. The van der Waals surface area contributed by atoms with Gasteiger partial charge in [-0.2, -0.15) is 0 Å². The van der Waals surface area contributed by atoms with Crippen LogP contribution in [0.2, 0.25) is 0 Å². The highest BCUT2D eigenvalue weighted by Gasteiger charge is 2.43. The van der Waals surface area contributed by atoms with Crippen molar-refractivity contribution in [3.8, 4) is 0 Å². The van der Waals surface area contributed by atoms with Crippen LogP contribution >= 0.6 is 0 Å². The Morgan fingerprint density at radius 2 is 2.26 bits per heavy atom. The molecule has 3 aliphatic heterocycles. The fourth-order valence-corrected chi connectivity index (χ4v) is 4.21. The van der Waals surface area contributed by atoms with E-state index in [0.717, 1.165) is 31.5 Å². The molecule has 8 nitrogen and oxygen atoms in total. The van der Waals surface area contributed by atoms with Crippen LogP contribution in [0, 0.1) is 11.8 Å². The molecule has 8 heteroatoms. The van der Waals surface area contributed by atoms with E-state index in [4.69, 9.17) is 0 Å². The first kappa shape index (κ1) is 17.8. The summed E-state index contributed by atoms with van der Waals surface area (Å²) in [6.07, 6.45) is 7.25. The molecule has 0 radical (unpaired) electrons. The normalized spacial score (nSPS) is 26.7. The molecule has 3 saturated heterocycles. The summed E-state index contributed by atoms with van der Waals surface area (Å²) < 4.78 is 1.75. The lowest BCUT2D eigenvalue weighted by Crippen LogP contribution is -2.58. The quantitative estimate of drug-likeness (QED) is 0.762. The Morgan fingerprint density at radius 3 is 2.93 bits per heavy atom. The maximum Gasteiger partial charge on any atom is 0.224 e. The number of ketones is 1. The number of carbonyl (C=O) groups excluding carboxylic acids is 2. The van der Waals surface area contributed by atoms with Crippen LogP contribution in [-0.2, 0) is 17.9 Å². The van der Waals surface area contributed by atoms with Gasteiger partial charge >= 0.3 is 0 Å². The number of aromatic nitrogens is 4. The molecular weight excluding hydrogens is 344 g/mol. The molecule has 2 aromatic rings. The van der Waals surface area contributed by atoms with E-state index in [-0.39, 0.29) is 17.6 Å². The summed E-state index contributed by atoms with van der Waals surface area (Å²) in [6, 6.07) is 4.18. The minimum atomic E-state index is -0.0722. The first-order valence-corrected chi connectivity index (χ1v) is 9.42. The second-order valence-electron chi connectivity index (χ2n) is 7.50. The van der Waals surface area contributed by atoms with E-state index in [9.17, 15) is 9.59 Å². The number of nitrogens with zero attached hydrogens (tertiary/aromatic N) is 5. The number of nitrogens with one attached hydrogen (secondary N) is 1. The number of rotatable bonds is 6. The van der Waals surface area contributed by atoms with E-state index >= 15 is 0 Å². The van der Waals surface area contributed by atoms with Crippen molar-refractivity contribution in [2.45, 2.75) is 38.9 Å². The van der Waals surface area contributed by atoms with Crippen molar-refractivity contribution in [1.82, 2.24) is 30.2 Å². The van der Waals surface area contributed by atoms with Crippen molar-refractivity contribution in [2.24, 2.45) is 11.8 Å². The zero-order chi connectivity index (χ0) is 18.8. The van der Waals surface area contributed by atoms with Crippen LogP contribution < -0.4 is 5.32 Å². The second kappa shape index (κ2) is 7.56. The van der Waals surface area contributed by atoms with Gasteiger partial charge in [-0.25, -0.2) is 0 Å². The maximum atomic E-state index is 12.7. The number of piperidine rings is 3. The number of carbonyl (C=O) groups is 2. The minimum absolute atomic E-state index is 0.0372. The number of Topliss-reactive ketones (excluding diaryl/α,β-unsaturated/α-hetero) is 1. The standard InChI is InChI=1S/C19H24N6O2/c1-13(26)18-12-25(23-22-18)10-16-7-15-4-6-24(16)11-17(15)19(27)21-9-14-3-2-5-20-8-14/h2-3,5,8,12,15-17H,4,6-7,9-11H2,1H3,(H,21,27)/t15-,16+,17-/m0/s1. The molecule has 0 spiro atoms. The maximum absolute atomic E-state index is 12.7. The first-order chi connectivity index (χ1) is 13.1. The number of fused-ring (bicyclic) bond motifs is 3. The summed E-state index contributed by atoms with van der Waals surface area (Å²) in [4.78, 5) is 30.5. The van der Waals surface area contributed by atoms with E-state index in [0.29, 0.717) is 30.7 Å². The molecule has 0 aliphatic carbocycles. The molecule has 3 aliphatic rings. The van der Waals surface area contributed by atoms with Gasteiger partial charge in [-0.15, -0.1) is 5.10 Å². The van der Waals surface area contributed by atoms with Crippen LogP contribution in [0.1, 0.15) is 35.8 Å². The monoisotopic (exact) mass is 368 g/mol. The molecule has 5 heterocycles. The third-order valence-corrected chi connectivity index (χ3v) is 5.70. The molecule has 1 amide bonds. The third kappa shape index (κ3) is 3.90. The van der Waals surface area contributed by atoms with Crippen LogP contribution in [0.3, 0.4) is 0 Å². The van der Waals surface area contributed by atoms with E-state index in [1.807, 2.05) is 12.1 Å². The molecule has 5 rings (SSSR count). The Kier molecular flexibility index (Phi) is 4.98. The highest BCUT2D eigenvalue weighted by Crippen LogP contribution is 2.36. The molecule has 142 valence electrons. The Balaban J connectivity index is 1.34. The summed E-state index contributed by atoms with van der Waals surface area (Å²) in [5, 5.41) is 11.0. The molecule has 0 aromatic carbocycles. The van der Waals surface area contributed by atoms with Crippen LogP contribution in [0.25, 0.3) is 0 Å². The first-order valence-electron chi connectivity index (χ1n) is 9.42. The van der Waals surface area contributed by atoms with Crippen molar-refractivity contribution in [3.05, 3.63) is 42.0 Å². The third-order valence-electron chi connectivity index (χ3n) is 5.70. The Hall–Kier alpha value is -2.61. The number of amides is 1. The van der Waals surface area contributed by atoms with E-state index in [1.165, 1.54) is 6.92 Å². The lowest BCUT2D eigenvalue weighted by Gasteiger charge is -2.49. The zero-order valence-electron chi connectivity index (χ0n) is 15.4. The van der Waals surface area contributed by atoms with Crippen LogP contribution in [-0.4, -0.2) is 55.7 Å². The minimum Gasteiger partial charge on any atom is -0.352 e. The van der Waals surface area contributed by atoms with Crippen LogP contribution in [0.4, 0.5) is 0 Å². The summed E-state index contributed by atoms with van der Waals surface area (Å²) in [5.41, 5.74) is 1.41. The largest absolute Gasteiger partial charge is 0.352 e. The molecular formula is C19H24N6O2. The Morgan fingerprint density at radius 1 is 1.37 bits per heavy atom. The van der Waals surface area contributed by atoms with Gasteiger partial charge in [-0.1, -0.05) is 11.3 Å². The van der Waals surface area contributed by atoms with Crippen LogP contribution in [0.5, 0.6) is 0 Å². The van der Waals surface area contributed by atoms with Crippen molar-refractivity contribution in [2.75, 3.05) is 13.1 Å². The highest BCUT2D eigenvalue weighted by atomic mass is 16.2. The molecule has 1 unspecified atom stereocenters. The smallest absolute Gasteiger partial charge is 0.224 e. The lowest BCUT2D eigenvalue weighted by atomic mass is 9.75. The number of hydrogen-bond donors (Lipinski definition) is 1. The van der Waals surface area contributed by atoms with Crippen molar-refractivity contribution in [3.63, 3.8) is 0 Å². The van der Waals surface area contributed by atoms with Gasteiger partial charge in [0.2, 0.25) is 5.91 Å². The highest BCUT2D eigenvalue weighted by molar-refractivity contribution is 5.91. The average molecular weight is 368 g/mol. The SMILES string of the molecule is CC(=O)c1cn(C[C@H]2C[C@@H]3CCN2C[C@@H]3C(=O)NCc2cccnc2)nn1. The second-order valence-corrected chi connectivity index (χ2v) is 7.50. The van der Waals surface area contributed by atoms with Crippen molar-refractivity contribution >= 4 is 11.7 Å². The summed E-state index contributed by atoms with van der Waals surface area (Å²) in [7, 11) is 0. The van der Waals surface area contributed by atoms with Crippen molar-refractivity contribution in [1.29, 1.82) is 0 Å². The molecule has 27 heavy (non-hydrogen) atoms. The average Bonchev–Trinajstić information content (AvgIpc) is 3.16. The molecule has 0 saturated carbocycles. The van der Waals surface area contributed by atoms with E-state index in [1.54, 1.807) is 23.3 Å². The predicted molar refractivity (Wildman–Crippen MR) is 97.7 cm³/mol. The Bertz CT molecular complexity index is 821. The van der Waals surface area contributed by atoms with Gasteiger partial charge < -0.3 is 5.32 Å². The molecule has 2 bridgehead atoms. The van der Waals surface area contributed by atoms with E-state index in [2.05, 4.69) is 25.5 Å². The zero-order valence-corrected chi connectivity index (χ0v) is 15.4. The molecule has 4 atom stereocenters. The molecule has 1 N–H and O–H groups in total. The van der Waals surface area contributed by atoms with Crippen molar-refractivity contribution < 1.29 is 9.59 Å². The van der Waals surface area contributed by atoms with Gasteiger partial charge in [0.25, 0.3) is 0 Å². The van der Waals surface area contributed by atoms with Gasteiger partial charge in [-0.05, 0) is 36.9 Å². The van der Waals surface area contributed by atoms with Gasteiger partial charge in [0.15, 0.2) is 5.78 Å². The van der Waals surface area contributed by atoms with Gasteiger partial charge in [0.1, 0.15) is 5.69 Å². The number of pyridine rings is 1. The fraction of sp³-hybridized carbons (Fsp3) is 0.526.